The maximum absolute atomic E-state index is 12.9. The van der Waals surface area contributed by atoms with E-state index < -0.39 is 11.7 Å². The van der Waals surface area contributed by atoms with Crippen molar-refractivity contribution in [2.24, 2.45) is 0 Å². The van der Waals surface area contributed by atoms with E-state index >= 15 is 0 Å². The van der Waals surface area contributed by atoms with Crippen LogP contribution < -0.4 is 4.90 Å². The zero-order valence-corrected chi connectivity index (χ0v) is 14.9. The third-order valence-electron chi connectivity index (χ3n) is 4.43. The Kier molecular flexibility index (Phi) is 4.55. The van der Waals surface area contributed by atoms with E-state index in [2.05, 4.69) is 10.2 Å². The predicted molar refractivity (Wildman–Crippen MR) is 95.8 cm³/mol. The largest absolute Gasteiger partial charge is 0.417 e. The molecule has 1 aromatic carbocycles. The number of hydrogen-bond acceptors (Lipinski definition) is 4. The van der Waals surface area contributed by atoms with Crippen LogP contribution in [0.25, 0.3) is 5.65 Å². The summed E-state index contributed by atoms with van der Waals surface area (Å²) in [7, 11) is 0. The Labute approximate surface area is 157 Å². The van der Waals surface area contributed by atoms with Crippen molar-refractivity contribution in [1.29, 1.82) is 0 Å². The molecule has 0 saturated carbocycles. The van der Waals surface area contributed by atoms with E-state index in [9.17, 15) is 18.0 Å². The van der Waals surface area contributed by atoms with Gasteiger partial charge in [0.05, 0.1) is 11.3 Å². The lowest BCUT2D eigenvalue weighted by atomic mass is 10.0. The summed E-state index contributed by atoms with van der Waals surface area (Å²) in [5, 5.41) is 8.04. The van der Waals surface area contributed by atoms with Crippen LogP contribution >= 0.6 is 11.8 Å². The van der Waals surface area contributed by atoms with Crippen molar-refractivity contribution in [2.75, 3.05) is 17.2 Å². The highest BCUT2D eigenvalue weighted by Crippen LogP contribution is 2.31. The molecule has 0 atom stereocenters. The Balaban J connectivity index is 1.53. The van der Waals surface area contributed by atoms with Gasteiger partial charge in [-0.1, -0.05) is 30.0 Å². The summed E-state index contributed by atoms with van der Waals surface area (Å²) in [5.74, 6) is -0.0263. The Hall–Kier alpha value is -2.55. The van der Waals surface area contributed by atoms with E-state index in [0.717, 1.165) is 48.1 Å². The molecule has 0 unspecified atom stereocenters. The number of anilines is 1. The third-order valence-corrected chi connectivity index (χ3v) is 5.36. The quantitative estimate of drug-likeness (QED) is 0.636. The van der Waals surface area contributed by atoms with Crippen LogP contribution in [0, 0.1) is 0 Å². The van der Waals surface area contributed by atoms with Crippen LogP contribution in [0.15, 0.2) is 47.8 Å². The van der Waals surface area contributed by atoms with Gasteiger partial charge in [-0.3, -0.25) is 9.20 Å². The molecule has 0 aliphatic carbocycles. The van der Waals surface area contributed by atoms with E-state index in [0.29, 0.717) is 12.2 Å². The number of alkyl halides is 3. The number of aryl methyl sites for hydroxylation is 1. The van der Waals surface area contributed by atoms with Crippen LogP contribution in [0.4, 0.5) is 18.9 Å². The van der Waals surface area contributed by atoms with Crippen molar-refractivity contribution in [3.8, 4) is 0 Å². The number of para-hydroxylation sites is 1. The van der Waals surface area contributed by atoms with Gasteiger partial charge in [-0.05, 0) is 36.6 Å². The summed E-state index contributed by atoms with van der Waals surface area (Å²) in [5.41, 5.74) is 1.55. The maximum atomic E-state index is 12.9. The van der Waals surface area contributed by atoms with E-state index in [1.807, 2.05) is 24.3 Å². The molecule has 1 amide bonds. The SMILES string of the molecule is O=C(CSc1nnc2ccc(C(F)(F)F)cn12)N1CCCc2ccccc21. The summed E-state index contributed by atoms with van der Waals surface area (Å²) in [6.07, 6.45) is -1.68. The number of pyridine rings is 1. The Morgan fingerprint density at radius 2 is 1.96 bits per heavy atom. The van der Waals surface area contributed by atoms with Gasteiger partial charge in [0.1, 0.15) is 0 Å². The number of nitrogens with zero attached hydrogens (tertiary/aromatic N) is 4. The molecule has 27 heavy (non-hydrogen) atoms. The molecule has 3 aromatic rings. The predicted octanol–water partition coefficient (Wildman–Crippen LogP) is 3.82. The van der Waals surface area contributed by atoms with Gasteiger partial charge in [0.15, 0.2) is 10.8 Å². The lowest BCUT2D eigenvalue weighted by molar-refractivity contribution is -0.137. The van der Waals surface area contributed by atoms with E-state index in [1.165, 1.54) is 10.5 Å². The second-order valence-corrected chi connectivity index (χ2v) is 7.14. The van der Waals surface area contributed by atoms with Crippen LogP contribution in [0.2, 0.25) is 0 Å². The van der Waals surface area contributed by atoms with Crippen LogP contribution in [0.3, 0.4) is 0 Å². The number of benzene rings is 1. The molecule has 0 bridgehead atoms. The van der Waals surface area contributed by atoms with Crippen molar-refractivity contribution in [3.63, 3.8) is 0 Å². The first kappa shape index (κ1) is 17.8. The lowest BCUT2D eigenvalue weighted by Crippen LogP contribution is -2.36. The molecule has 0 spiro atoms. The fourth-order valence-electron chi connectivity index (χ4n) is 3.13. The van der Waals surface area contributed by atoms with Gasteiger partial charge in [-0.2, -0.15) is 13.2 Å². The van der Waals surface area contributed by atoms with Gasteiger partial charge in [0, 0.05) is 18.4 Å². The van der Waals surface area contributed by atoms with Gasteiger partial charge in [-0.15, -0.1) is 10.2 Å². The van der Waals surface area contributed by atoms with Crippen molar-refractivity contribution in [1.82, 2.24) is 14.6 Å². The first-order chi connectivity index (χ1) is 12.9. The number of aromatic nitrogens is 3. The second kappa shape index (κ2) is 6.88. The number of hydrogen-bond donors (Lipinski definition) is 0. The molecule has 0 N–H and O–H groups in total. The summed E-state index contributed by atoms with van der Waals surface area (Å²) in [6, 6.07) is 9.99. The van der Waals surface area contributed by atoms with Gasteiger partial charge < -0.3 is 4.90 Å². The molecular formula is C18H15F3N4OS. The summed E-state index contributed by atoms with van der Waals surface area (Å²) in [4.78, 5) is 14.4. The molecular weight excluding hydrogens is 377 g/mol. The van der Waals surface area contributed by atoms with Crippen molar-refractivity contribution >= 4 is 29.0 Å². The second-order valence-electron chi connectivity index (χ2n) is 6.19. The molecule has 9 heteroatoms. The van der Waals surface area contributed by atoms with Crippen molar-refractivity contribution in [3.05, 3.63) is 53.7 Å². The Morgan fingerprint density at radius 3 is 2.78 bits per heavy atom. The fraction of sp³-hybridized carbons (Fsp3) is 0.278. The Bertz CT molecular complexity index is 1000. The van der Waals surface area contributed by atoms with Gasteiger partial charge in [0.2, 0.25) is 5.91 Å². The number of halogens is 3. The highest BCUT2D eigenvalue weighted by atomic mass is 32.2. The number of thioether (sulfide) groups is 1. The number of carbonyl (C=O) groups excluding carboxylic acids is 1. The number of carbonyl (C=O) groups is 1. The van der Waals surface area contributed by atoms with Crippen LogP contribution in [0.1, 0.15) is 17.5 Å². The molecule has 0 fully saturated rings. The van der Waals surface area contributed by atoms with Crippen molar-refractivity contribution < 1.29 is 18.0 Å². The van der Waals surface area contributed by atoms with Crippen LogP contribution in [0.5, 0.6) is 0 Å². The normalized spacial score (nSPS) is 14.4. The molecule has 1 aliphatic rings. The minimum atomic E-state index is -4.45. The summed E-state index contributed by atoms with van der Waals surface area (Å²) >= 11 is 1.08. The van der Waals surface area contributed by atoms with E-state index in [1.54, 1.807) is 4.90 Å². The first-order valence-electron chi connectivity index (χ1n) is 8.36. The molecule has 5 nitrogen and oxygen atoms in total. The molecule has 4 rings (SSSR count). The standard InChI is InChI=1S/C18H15F3N4OS/c19-18(20,21)13-7-8-15-22-23-17(25(15)10-13)27-11-16(26)24-9-3-5-12-4-1-2-6-14(12)24/h1-2,4,6-8,10H,3,5,9,11H2. The van der Waals surface area contributed by atoms with Gasteiger partial charge in [-0.25, -0.2) is 0 Å². The van der Waals surface area contributed by atoms with Gasteiger partial charge >= 0.3 is 6.18 Å². The highest BCUT2D eigenvalue weighted by Gasteiger charge is 2.31. The molecule has 0 radical (unpaired) electrons. The molecule has 140 valence electrons. The number of amides is 1. The zero-order chi connectivity index (χ0) is 19.0. The monoisotopic (exact) mass is 392 g/mol. The lowest BCUT2D eigenvalue weighted by Gasteiger charge is -2.29. The molecule has 2 aromatic heterocycles. The van der Waals surface area contributed by atoms with Gasteiger partial charge in [0.25, 0.3) is 0 Å². The summed E-state index contributed by atoms with van der Waals surface area (Å²) in [6.45, 7) is 0.634. The number of rotatable bonds is 3. The van der Waals surface area contributed by atoms with Crippen LogP contribution in [-0.2, 0) is 17.4 Å². The fourth-order valence-corrected chi connectivity index (χ4v) is 3.93. The number of fused-ring (bicyclic) bond motifs is 2. The van der Waals surface area contributed by atoms with E-state index in [-0.39, 0.29) is 16.8 Å². The summed E-state index contributed by atoms with van der Waals surface area (Å²) < 4.78 is 40.1. The minimum absolute atomic E-state index is 0.0748. The molecule has 0 saturated heterocycles. The highest BCUT2D eigenvalue weighted by molar-refractivity contribution is 7.99. The average molecular weight is 392 g/mol. The topological polar surface area (TPSA) is 50.5 Å². The van der Waals surface area contributed by atoms with Crippen LogP contribution in [-0.4, -0.2) is 32.8 Å². The van der Waals surface area contributed by atoms with Crippen molar-refractivity contribution in [2.45, 2.75) is 24.2 Å². The molecule has 1 aliphatic heterocycles. The zero-order valence-electron chi connectivity index (χ0n) is 14.1. The van der Waals surface area contributed by atoms with E-state index in [4.69, 9.17) is 0 Å². The third kappa shape index (κ3) is 3.51. The Morgan fingerprint density at radius 1 is 1.15 bits per heavy atom. The molecule has 3 heterocycles. The minimum Gasteiger partial charge on any atom is -0.311 e. The average Bonchev–Trinajstić information content (AvgIpc) is 3.07. The smallest absolute Gasteiger partial charge is 0.311 e. The first-order valence-corrected chi connectivity index (χ1v) is 9.35. The maximum Gasteiger partial charge on any atom is 0.417 e.